The zero-order chi connectivity index (χ0) is 12.8. The maximum absolute atomic E-state index is 12.1. The number of hydrogen-bond acceptors (Lipinski definition) is 3. The van der Waals surface area contributed by atoms with Crippen molar-refractivity contribution in [2.75, 3.05) is 6.54 Å². The molecule has 1 aromatic rings. The molecule has 0 radical (unpaired) electrons. The molecule has 0 spiro atoms. The molecule has 1 rings (SSSR count). The van der Waals surface area contributed by atoms with Crippen molar-refractivity contribution in [1.82, 2.24) is 4.90 Å². The molecule has 17 heavy (non-hydrogen) atoms. The van der Waals surface area contributed by atoms with E-state index in [2.05, 4.69) is 19.9 Å². The van der Waals surface area contributed by atoms with Crippen LogP contribution >= 0.6 is 11.3 Å². The van der Waals surface area contributed by atoms with Crippen molar-refractivity contribution >= 4 is 17.2 Å². The van der Waals surface area contributed by atoms with Crippen LogP contribution in [0.25, 0.3) is 0 Å². The van der Waals surface area contributed by atoms with Crippen LogP contribution in [-0.4, -0.2) is 23.4 Å². The lowest BCUT2D eigenvalue weighted by Crippen LogP contribution is -2.43. The van der Waals surface area contributed by atoms with Crippen LogP contribution in [0.3, 0.4) is 0 Å². The van der Waals surface area contributed by atoms with Crippen molar-refractivity contribution in [2.45, 2.75) is 39.8 Å². The minimum atomic E-state index is -0.366. The second-order valence-electron chi connectivity index (χ2n) is 4.67. The Hall–Kier alpha value is -0.870. The summed E-state index contributed by atoms with van der Waals surface area (Å²) in [6, 6.07) is 3.69. The first kappa shape index (κ1) is 14.2. The average Bonchev–Trinajstić information content (AvgIpc) is 2.76. The van der Waals surface area contributed by atoms with E-state index < -0.39 is 0 Å². The van der Waals surface area contributed by atoms with Gasteiger partial charge in [0.05, 0.1) is 12.6 Å². The molecule has 0 aliphatic rings. The molecule has 3 nitrogen and oxygen atoms in total. The summed E-state index contributed by atoms with van der Waals surface area (Å²) in [5.74, 6) is 0.518. The zero-order valence-corrected chi connectivity index (χ0v) is 11.7. The Balaban J connectivity index is 2.57. The van der Waals surface area contributed by atoms with E-state index in [1.54, 1.807) is 11.3 Å². The van der Waals surface area contributed by atoms with E-state index in [1.807, 2.05) is 23.3 Å². The molecule has 1 aromatic heterocycles. The number of carbonyl (C=O) groups is 1. The SMILES string of the molecule is CCN(Cc1cccs1)C(=O)C(N)CC(C)C. The predicted molar refractivity (Wildman–Crippen MR) is 72.8 cm³/mol. The molecule has 0 bridgehead atoms. The second-order valence-corrected chi connectivity index (χ2v) is 5.70. The maximum Gasteiger partial charge on any atom is 0.239 e. The molecule has 0 aliphatic carbocycles. The van der Waals surface area contributed by atoms with Gasteiger partial charge in [0, 0.05) is 11.4 Å². The normalized spacial score (nSPS) is 12.8. The number of nitrogens with two attached hydrogens (primary N) is 1. The third-order valence-corrected chi connectivity index (χ3v) is 3.52. The van der Waals surface area contributed by atoms with Gasteiger partial charge in [0.1, 0.15) is 0 Å². The van der Waals surface area contributed by atoms with Crippen LogP contribution in [0.2, 0.25) is 0 Å². The number of carbonyl (C=O) groups excluding carboxylic acids is 1. The maximum atomic E-state index is 12.1. The van der Waals surface area contributed by atoms with E-state index in [9.17, 15) is 4.79 Å². The molecule has 2 N–H and O–H groups in total. The minimum Gasteiger partial charge on any atom is -0.336 e. The number of thiophene rings is 1. The van der Waals surface area contributed by atoms with Gasteiger partial charge in [-0.15, -0.1) is 11.3 Å². The Labute approximate surface area is 108 Å². The van der Waals surface area contributed by atoms with Crippen molar-refractivity contribution in [1.29, 1.82) is 0 Å². The monoisotopic (exact) mass is 254 g/mol. The van der Waals surface area contributed by atoms with Gasteiger partial charge in [-0.05, 0) is 30.7 Å². The largest absolute Gasteiger partial charge is 0.336 e. The number of likely N-dealkylation sites (N-methyl/N-ethyl adjacent to an activating group) is 1. The quantitative estimate of drug-likeness (QED) is 0.847. The van der Waals surface area contributed by atoms with Gasteiger partial charge >= 0.3 is 0 Å². The average molecular weight is 254 g/mol. The Bertz CT molecular complexity index is 335. The molecule has 96 valence electrons. The van der Waals surface area contributed by atoms with Crippen LogP contribution < -0.4 is 5.73 Å². The number of nitrogens with zero attached hydrogens (tertiary/aromatic N) is 1. The number of hydrogen-bond donors (Lipinski definition) is 1. The highest BCUT2D eigenvalue weighted by molar-refractivity contribution is 7.09. The Morgan fingerprint density at radius 1 is 1.53 bits per heavy atom. The van der Waals surface area contributed by atoms with Gasteiger partial charge in [-0.25, -0.2) is 0 Å². The highest BCUT2D eigenvalue weighted by Crippen LogP contribution is 2.13. The Morgan fingerprint density at radius 3 is 2.71 bits per heavy atom. The molecule has 0 aliphatic heterocycles. The van der Waals surface area contributed by atoms with E-state index in [4.69, 9.17) is 5.73 Å². The van der Waals surface area contributed by atoms with E-state index in [-0.39, 0.29) is 11.9 Å². The summed E-state index contributed by atoms with van der Waals surface area (Å²) >= 11 is 1.67. The third kappa shape index (κ3) is 4.48. The molecule has 0 saturated carbocycles. The van der Waals surface area contributed by atoms with Gasteiger partial charge < -0.3 is 10.6 Å². The van der Waals surface area contributed by atoms with Gasteiger partial charge in [-0.3, -0.25) is 4.79 Å². The second kappa shape index (κ2) is 6.77. The molecule has 4 heteroatoms. The van der Waals surface area contributed by atoms with Crippen molar-refractivity contribution in [3.8, 4) is 0 Å². The minimum absolute atomic E-state index is 0.0644. The van der Waals surface area contributed by atoms with Gasteiger partial charge in [0.2, 0.25) is 5.91 Å². The smallest absolute Gasteiger partial charge is 0.239 e. The molecule has 1 atom stereocenters. The van der Waals surface area contributed by atoms with Gasteiger partial charge in [0.15, 0.2) is 0 Å². The van der Waals surface area contributed by atoms with Crippen molar-refractivity contribution in [3.05, 3.63) is 22.4 Å². The third-order valence-electron chi connectivity index (χ3n) is 2.66. The molecular weight excluding hydrogens is 232 g/mol. The van der Waals surface area contributed by atoms with Gasteiger partial charge in [-0.1, -0.05) is 19.9 Å². The number of amides is 1. The first-order valence-electron chi connectivity index (χ1n) is 6.11. The molecule has 1 heterocycles. The van der Waals surface area contributed by atoms with Crippen LogP contribution in [0.4, 0.5) is 0 Å². The molecule has 0 aromatic carbocycles. The topological polar surface area (TPSA) is 46.3 Å². The van der Waals surface area contributed by atoms with Crippen molar-refractivity contribution < 1.29 is 4.79 Å². The summed E-state index contributed by atoms with van der Waals surface area (Å²) in [5, 5.41) is 2.03. The van der Waals surface area contributed by atoms with Crippen LogP contribution in [-0.2, 0) is 11.3 Å². The van der Waals surface area contributed by atoms with E-state index >= 15 is 0 Å². The first-order chi connectivity index (χ1) is 8.04. The predicted octanol–water partition coefficient (Wildman–Crippen LogP) is 2.47. The van der Waals surface area contributed by atoms with E-state index in [0.717, 1.165) is 6.42 Å². The molecular formula is C13H22N2OS. The summed E-state index contributed by atoms with van der Waals surface area (Å²) in [4.78, 5) is 15.2. The fourth-order valence-corrected chi connectivity index (χ4v) is 2.50. The van der Waals surface area contributed by atoms with Crippen LogP contribution in [0, 0.1) is 5.92 Å². The van der Waals surface area contributed by atoms with Crippen LogP contribution in [0.5, 0.6) is 0 Å². The molecule has 0 fully saturated rings. The van der Waals surface area contributed by atoms with Gasteiger partial charge in [0.25, 0.3) is 0 Å². The van der Waals surface area contributed by atoms with Crippen LogP contribution in [0.1, 0.15) is 32.1 Å². The summed E-state index contributed by atoms with van der Waals surface area (Å²) in [7, 11) is 0. The fraction of sp³-hybridized carbons (Fsp3) is 0.615. The molecule has 0 saturated heterocycles. The lowest BCUT2D eigenvalue weighted by molar-refractivity contribution is -0.133. The van der Waals surface area contributed by atoms with Crippen LogP contribution in [0.15, 0.2) is 17.5 Å². The first-order valence-corrected chi connectivity index (χ1v) is 6.99. The van der Waals surface area contributed by atoms with Crippen molar-refractivity contribution in [2.24, 2.45) is 11.7 Å². The highest BCUT2D eigenvalue weighted by atomic mass is 32.1. The highest BCUT2D eigenvalue weighted by Gasteiger charge is 2.20. The lowest BCUT2D eigenvalue weighted by atomic mass is 10.0. The van der Waals surface area contributed by atoms with Crippen molar-refractivity contribution in [3.63, 3.8) is 0 Å². The Kier molecular flexibility index (Phi) is 5.65. The molecule has 1 unspecified atom stereocenters. The van der Waals surface area contributed by atoms with Gasteiger partial charge in [-0.2, -0.15) is 0 Å². The lowest BCUT2D eigenvalue weighted by Gasteiger charge is -2.24. The van der Waals surface area contributed by atoms with E-state index in [0.29, 0.717) is 19.0 Å². The summed E-state index contributed by atoms with van der Waals surface area (Å²) < 4.78 is 0. The zero-order valence-electron chi connectivity index (χ0n) is 10.8. The number of rotatable bonds is 6. The van der Waals surface area contributed by atoms with E-state index in [1.165, 1.54) is 4.88 Å². The summed E-state index contributed by atoms with van der Waals surface area (Å²) in [5.41, 5.74) is 5.94. The Morgan fingerprint density at radius 2 is 2.24 bits per heavy atom. The summed E-state index contributed by atoms with van der Waals surface area (Å²) in [6.07, 6.45) is 0.750. The molecule has 1 amide bonds. The standard InChI is InChI=1S/C13H22N2OS/c1-4-15(9-11-6-5-7-17-11)13(16)12(14)8-10(2)3/h5-7,10,12H,4,8-9,14H2,1-3H3. The fourth-order valence-electron chi connectivity index (χ4n) is 1.78. The summed E-state index contributed by atoms with van der Waals surface area (Å²) in [6.45, 7) is 7.56.